The van der Waals surface area contributed by atoms with Crippen LogP contribution >= 0.6 is 0 Å². The Labute approximate surface area is 175 Å². The van der Waals surface area contributed by atoms with Crippen molar-refractivity contribution in [2.45, 2.75) is 37.6 Å². The predicted molar refractivity (Wildman–Crippen MR) is 108 cm³/mol. The van der Waals surface area contributed by atoms with Crippen molar-refractivity contribution in [3.05, 3.63) is 76.0 Å². The van der Waals surface area contributed by atoms with Crippen molar-refractivity contribution in [1.82, 2.24) is 34.7 Å². The molecule has 0 radical (unpaired) electrons. The standard InChI is InChI=1S/C21H17FN8O/c1-11(15-6-3-12(22)10-26-15)30-20-17(16(9-23)29-30)21(31)28-19(27-20)14-5-4-13(14)18-24-7-2-8-25-18/h2-3,6-8,10-11,13-14H,4-5H2,1H3,(H,27,28,31)/t11-,13-,14+/m0/s1. The van der Waals surface area contributed by atoms with Gasteiger partial charge in [-0.3, -0.25) is 9.78 Å². The molecule has 3 atom stereocenters. The summed E-state index contributed by atoms with van der Waals surface area (Å²) in [5.74, 6) is 0.815. The lowest BCUT2D eigenvalue weighted by atomic mass is 9.72. The lowest BCUT2D eigenvalue weighted by Crippen LogP contribution is -2.28. The van der Waals surface area contributed by atoms with Crippen LogP contribution in [0.2, 0.25) is 0 Å². The van der Waals surface area contributed by atoms with Crippen molar-refractivity contribution in [3.8, 4) is 6.07 Å². The van der Waals surface area contributed by atoms with Gasteiger partial charge in [0.1, 0.15) is 28.9 Å². The molecule has 10 heteroatoms. The second-order valence-electron chi connectivity index (χ2n) is 7.53. The maximum Gasteiger partial charge on any atom is 0.263 e. The quantitative estimate of drug-likeness (QED) is 0.542. The molecule has 9 nitrogen and oxygen atoms in total. The van der Waals surface area contributed by atoms with Crippen molar-refractivity contribution < 1.29 is 4.39 Å². The molecule has 0 saturated heterocycles. The summed E-state index contributed by atoms with van der Waals surface area (Å²) in [6, 6.07) is 6.12. The zero-order valence-corrected chi connectivity index (χ0v) is 16.5. The highest BCUT2D eigenvalue weighted by Gasteiger charge is 2.37. The first-order valence-corrected chi connectivity index (χ1v) is 9.87. The highest BCUT2D eigenvalue weighted by Crippen LogP contribution is 2.46. The second-order valence-corrected chi connectivity index (χ2v) is 7.53. The summed E-state index contributed by atoms with van der Waals surface area (Å²) in [4.78, 5) is 33.2. The van der Waals surface area contributed by atoms with E-state index in [0.29, 0.717) is 17.2 Å². The molecule has 4 aromatic heterocycles. The van der Waals surface area contributed by atoms with Crippen molar-refractivity contribution in [1.29, 1.82) is 5.26 Å². The molecular weight excluding hydrogens is 399 g/mol. The van der Waals surface area contributed by atoms with Crippen LogP contribution in [0.15, 0.2) is 41.6 Å². The molecule has 1 N–H and O–H groups in total. The van der Waals surface area contributed by atoms with Gasteiger partial charge in [-0.1, -0.05) is 0 Å². The number of aromatic nitrogens is 7. The Morgan fingerprint density at radius 1 is 1.23 bits per heavy atom. The minimum atomic E-state index is -0.456. The van der Waals surface area contributed by atoms with E-state index in [1.165, 1.54) is 10.7 Å². The van der Waals surface area contributed by atoms with Gasteiger partial charge in [0.15, 0.2) is 11.3 Å². The molecule has 4 heterocycles. The van der Waals surface area contributed by atoms with Crippen molar-refractivity contribution in [3.63, 3.8) is 0 Å². The van der Waals surface area contributed by atoms with Gasteiger partial charge in [-0.15, -0.1) is 0 Å². The van der Waals surface area contributed by atoms with Crippen molar-refractivity contribution in [2.75, 3.05) is 0 Å². The molecule has 1 saturated carbocycles. The minimum absolute atomic E-state index is 0.0131. The Bertz CT molecular complexity index is 1360. The lowest BCUT2D eigenvalue weighted by molar-refractivity contribution is 0.318. The lowest BCUT2D eigenvalue weighted by Gasteiger charge is -2.34. The number of nitriles is 1. The molecule has 0 bridgehead atoms. The molecule has 0 aliphatic heterocycles. The minimum Gasteiger partial charge on any atom is -0.310 e. The highest BCUT2D eigenvalue weighted by molar-refractivity contribution is 5.80. The van der Waals surface area contributed by atoms with Gasteiger partial charge in [0.05, 0.1) is 17.9 Å². The van der Waals surface area contributed by atoms with Gasteiger partial charge in [0.2, 0.25) is 0 Å². The smallest absolute Gasteiger partial charge is 0.263 e. The molecule has 4 aromatic rings. The van der Waals surface area contributed by atoms with E-state index >= 15 is 0 Å². The van der Waals surface area contributed by atoms with E-state index in [0.717, 1.165) is 24.9 Å². The molecule has 1 aliphatic rings. The van der Waals surface area contributed by atoms with Crippen LogP contribution in [0.25, 0.3) is 11.0 Å². The number of rotatable bonds is 4. The van der Waals surface area contributed by atoms with E-state index in [9.17, 15) is 14.4 Å². The third-order valence-corrected chi connectivity index (χ3v) is 5.77. The Hall–Kier alpha value is -4.00. The molecular formula is C21H17FN8O. The van der Waals surface area contributed by atoms with Gasteiger partial charge in [0.25, 0.3) is 5.56 Å². The Balaban J connectivity index is 1.61. The zero-order chi connectivity index (χ0) is 21.5. The van der Waals surface area contributed by atoms with E-state index in [1.54, 1.807) is 31.5 Å². The molecule has 0 unspecified atom stereocenters. The average molecular weight is 416 g/mol. The van der Waals surface area contributed by atoms with E-state index in [1.807, 2.05) is 6.07 Å². The summed E-state index contributed by atoms with van der Waals surface area (Å²) in [5.41, 5.74) is 0.411. The summed E-state index contributed by atoms with van der Waals surface area (Å²) in [6.07, 6.45) is 6.25. The van der Waals surface area contributed by atoms with Crippen LogP contribution in [0.5, 0.6) is 0 Å². The number of H-pyrrole nitrogens is 1. The van der Waals surface area contributed by atoms with Crippen LogP contribution < -0.4 is 5.56 Å². The normalized spacial score (nSPS) is 19.0. The average Bonchev–Trinajstić information content (AvgIpc) is 3.13. The van der Waals surface area contributed by atoms with Crippen LogP contribution in [-0.2, 0) is 0 Å². The second kappa shape index (κ2) is 7.36. The largest absolute Gasteiger partial charge is 0.310 e. The monoisotopic (exact) mass is 416 g/mol. The van der Waals surface area contributed by atoms with Crippen LogP contribution in [-0.4, -0.2) is 34.7 Å². The van der Waals surface area contributed by atoms with E-state index in [2.05, 4.69) is 25.0 Å². The first-order chi connectivity index (χ1) is 15.1. The van der Waals surface area contributed by atoms with Gasteiger partial charge in [-0.05, 0) is 38.0 Å². The number of hydrogen-bond donors (Lipinski definition) is 1. The third kappa shape index (κ3) is 3.15. The predicted octanol–water partition coefficient (Wildman–Crippen LogP) is 2.59. The van der Waals surface area contributed by atoms with Gasteiger partial charge in [-0.25, -0.2) is 24.0 Å². The van der Waals surface area contributed by atoms with Crippen molar-refractivity contribution >= 4 is 11.0 Å². The molecule has 0 amide bonds. The van der Waals surface area contributed by atoms with Gasteiger partial charge in [-0.2, -0.15) is 10.4 Å². The number of fused-ring (bicyclic) bond motifs is 1. The SMILES string of the molecule is C[C@@H](c1ccc(F)cn1)n1nc(C#N)c2c(=O)[nH]c([C@@H]3CC[C@@H]3c3ncccn3)nc21. The fourth-order valence-corrected chi connectivity index (χ4v) is 3.98. The van der Waals surface area contributed by atoms with E-state index < -0.39 is 17.4 Å². The Morgan fingerprint density at radius 3 is 2.65 bits per heavy atom. The number of hydrogen-bond acceptors (Lipinski definition) is 7. The zero-order valence-electron chi connectivity index (χ0n) is 16.5. The van der Waals surface area contributed by atoms with Crippen LogP contribution in [0.1, 0.15) is 60.7 Å². The van der Waals surface area contributed by atoms with Gasteiger partial charge >= 0.3 is 0 Å². The number of nitrogens with zero attached hydrogens (tertiary/aromatic N) is 7. The number of pyridine rings is 1. The molecule has 1 aliphatic carbocycles. The summed E-state index contributed by atoms with van der Waals surface area (Å²) in [5, 5.41) is 13.9. The third-order valence-electron chi connectivity index (χ3n) is 5.77. The molecule has 5 rings (SSSR count). The Kier molecular flexibility index (Phi) is 4.51. The Morgan fingerprint density at radius 2 is 2.00 bits per heavy atom. The first kappa shape index (κ1) is 19.0. The molecule has 154 valence electrons. The summed E-state index contributed by atoms with van der Waals surface area (Å²) < 4.78 is 14.8. The van der Waals surface area contributed by atoms with Gasteiger partial charge in [0, 0.05) is 24.2 Å². The maximum atomic E-state index is 13.3. The molecule has 0 spiro atoms. The molecule has 1 fully saturated rings. The highest BCUT2D eigenvalue weighted by atomic mass is 19.1. The molecule has 31 heavy (non-hydrogen) atoms. The van der Waals surface area contributed by atoms with Gasteiger partial charge < -0.3 is 4.98 Å². The maximum absolute atomic E-state index is 13.3. The van der Waals surface area contributed by atoms with Crippen LogP contribution in [0.4, 0.5) is 4.39 Å². The summed E-state index contributed by atoms with van der Waals surface area (Å²) in [7, 11) is 0. The van der Waals surface area contributed by atoms with Crippen LogP contribution in [0, 0.1) is 17.1 Å². The van der Waals surface area contributed by atoms with Crippen LogP contribution in [0.3, 0.4) is 0 Å². The van der Waals surface area contributed by atoms with E-state index in [4.69, 9.17) is 4.98 Å². The summed E-state index contributed by atoms with van der Waals surface area (Å²) >= 11 is 0. The summed E-state index contributed by atoms with van der Waals surface area (Å²) in [6.45, 7) is 1.81. The fourth-order valence-electron chi connectivity index (χ4n) is 3.98. The number of halogens is 1. The molecule has 0 aromatic carbocycles. The topological polar surface area (TPSA) is 126 Å². The first-order valence-electron chi connectivity index (χ1n) is 9.87. The number of aromatic amines is 1. The van der Waals surface area contributed by atoms with Crippen molar-refractivity contribution in [2.24, 2.45) is 0 Å². The number of nitrogens with one attached hydrogen (secondary N) is 1. The van der Waals surface area contributed by atoms with E-state index in [-0.39, 0.29) is 22.9 Å². The fraction of sp³-hybridized carbons (Fsp3) is 0.286.